The van der Waals surface area contributed by atoms with Crippen LogP contribution < -0.4 is 10.6 Å². The van der Waals surface area contributed by atoms with Crippen LogP contribution in [0.4, 0.5) is 5.13 Å². The predicted molar refractivity (Wildman–Crippen MR) is 89.7 cm³/mol. The fraction of sp³-hybridized carbons (Fsp3) is 0.438. The summed E-state index contributed by atoms with van der Waals surface area (Å²) in [6.45, 7) is 5.96. The Hall–Kier alpha value is -1.43. The molecule has 1 aromatic carbocycles. The summed E-state index contributed by atoms with van der Waals surface area (Å²) in [5, 5.41) is 1.11. The maximum atomic E-state index is 5.92. The van der Waals surface area contributed by atoms with Gasteiger partial charge in [-0.2, -0.15) is 0 Å². The van der Waals surface area contributed by atoms with Crippen molar-refractivity contribution in [2.24, 2.45) is 5.73 Å². The van der Waals surface area contributed by atoms with Crippen molar-refractivity contribution in [2.45, 2.75) is 19.5 Å². The van der Waals surface area contributed by atoms with Crippen LogP contribution in [-0.4, -0.2) is 42.6 Å². The molecule has 0 aliphatic carbocycles. The summed E-state index contributed by atoms with van der Waals surface area (Å²) in [7, 11) is 2.19. The topological polar surface area (TPSA) is 45.4 Å². The lowest BCUT2D eigenvalue weighted by molar-refractivity contribution is 0.234. The molecule has 0 radical (unpaired) electrons. The summed E-state index contributed by atoms with van der Waals surface area (Å²) < 4.78 is 0. The molecule has 0 spiro atoms. The molecular weight excluding hydrogens is 280 g/mol. The van der Waals surface area contributed by atoms with Gasteiger partial charge in [-0.15, -0.1) is 0 Å². The van der Waals surface area contributed by atoms with E-state index in [1.807, 2.05) is 18.2 Å². The number of anilines is 1. The molecule has 1 atom stereocenters. The molecule has 4 nitrogen and oxygen atoms in total. The van der Waals surface area contributed by atoms with Gasteiger partial charge in [0.15, 0.2) is 5.13 Å². The highest BCUT2D eigenvalue weighted by atomic mass is 32.1. The lowest BCUT2D eigenvalue weighted by Gasteiger charge is -2.37. The van der Waals surface area contributed by atoms with Crippen molar-refractivity contribution in [3.63, 3.8) is 0 Å². The zero-order chi connectivity index (χ0) is 14.8. The Balaban J connectivity index is 1.90. The van der Waals surface area contributed by atoms with Crippen LogP contribution in [0.5, 0.6) is 0 Å². The quantitative estimate of drug-likeness (QED) is 0.946. The minimum absolute atomic E-state index is 0.547. The van der Waals surface area contributed by atoms with Crippen LogP contribution in [0.25, 0.3) is 11.3 Å². The molecule has 0 bridgehead atoms. The Morgan fingerprint density at radius 1 is 1.29 bits per heavy atom. The summed E-state index contributed by atoms with van der Waals surface area (Å²) in [5.74, 6) is 0. The third-order valence-corrected chi connectivity index (χ3v) is 5.29. The van der Waals surface area contributed by atoms with Crippen molar-refractivity contribution >= 4 is 16.5 Å². The second-order valence-corrected chi connectivity index (χ2v) is 6.68. The fourth-order valence-electron chi connectivity index (χ4n) is 2.66. The number of piperazine rings is 1. The highest BCUT2D eigenvalue weighted by Gasteiger charge is 2.24. The summed E-state index contributed by atoms with van der Waals surface area (Å²) in [6.07, 6.45) is 0. The molecule has 21 heavy (non-hydrogen) atoms. The molecule has 2 heterocycles. The highest BCUT2D eigenvalue weighted by Crippen LogP contribution is 2.33. The SMILES string of the molecule is CC1CN(c2nc(-c3ccccc3)c(CN)s2)CCN1C. The third-order valence-electron chi connectivity index (χ3n) is 4.15. The number of likely N-dealkylation sites (N-methyl/N-ethyl adjacent to an activating group) is 1. The maximum absolute atomic E-state index is 5.92. The van der Waals surface area contributed by atoms with E-state index < -0.39 is 0 Å². The number of nitrogens with zero attached hydrogens (tertiary/aromatic N) is 3. The second kappa shape index (κ2) is 6.13. The molecule has 2 N–H and O–H groups in total. The average Bonchev–Trinajstić information content (AvgIpc) is 2.95. The first-order valence-corrected chi connectivity index (χ1v) is 8.21. The van der Waals surface area contributed by atoms with Crippen molar-refractivity contribution in [1.82, 2.24) is 9.88 Å². The minimum Gasteiger partial charge on any atom is -0.345 e. The molecule has 1 aromatic heterocycles. The largest absolute Gasteiger partial charge is 0.345 e. The van der Waals surface area contributed by atoms with E-state index in [4.69, 9.17) is 10.7 Å². The summed E-state index contributed by atoms with van der Waals surface area (Å²) in [6, 6.07) is 10.9. The monoisotopic (exact) mass is 302 g/mol. The second-order valence-electron chi connectivity index (χ2n) is 5.61. The van der Waals surface area contributed by atoms with Gasteiger partial charge in [-0.25, -0.2) is 4.98 Å². The molecule has 1 fully saturated rings. The Bertz CT molecular complexity index is 596. The Kier molecular flexibility index (Phi) is 4.24. The van der Waals surface area contributed by atoms with Gasteiger partial charge in [0.05, 0.1) is 5.69 Å². The number of hydrogen-bond acceptors (Lipinski definition) is 5. The zero-order valence-corrected chi connectivity index (χ0v) is 13.4. The van der Waals surface area contributed by atoms with Crippen LogP contribution in [0.2, 0.25) is 0 Å². The first-order valence-electron chi connectivity index (χ1n) is 7.39. The normalized spacial score (nSPS) is 20.0. The van der Waals surface area contributed by atoms with E-state index in [1.54, 1.807) is 11.3 Å². The van der Waals surface area contributed by atoms with Gasteiger partial charge in [0.1, 0.15) is 0 Å². The van der Waals surface area contributed by atoms with Crippen LogP contribution in [0, 0.1) is 0 Å². The maximum Gasteiger partial charge on any atom is 0.186 e. The van der Waals surface area contributed by atoms with Crippen LogP contribution in [0.15, 0.2) is 30.3 Å². The Labute approximate surface area is 130 Å². The van der Waals surface area contributed by atoms with E-state index in [0.717, 1.165) is 36.0 Å². The van der Waals surface area contributed by atoms with E-state index in [2.05, 4.69) is 35.9 Å². The minimum atomic E-state index is 0.547. The lowest BCUT2D eigenvalue weighted by atomic mass is 10.1. The van der Waals surface area contributed by atoms with Crippen molar-refractivity contribution in [3.05, 3.63) is 35.2 Å². The summed E-state index contributed by atoms with van der Waals surface area (Å²) in [4.78, 5) is 10.8. The molecule has 3 rings (SSSR count). The number of hydrogen-bond donors (Lipinski definition) is 1. The number of thiazole rings is 1. The number of nitrogens with two attached hydrogens (primary N) is 1. The van der Waals surface area contributed by atoms with Crippen LogP contribution in [-0.2, 0) is 6.54 Å². The smallest absolute Gasteiger partial charge is 0.186 e. The average molecular weight is 302 g/mol. The Morgan fingerprint density at radius 3 is 2.71 bits per heavy atom. The van der Waals surface area contributed by atoms with E-state index >= 15 is 0 Å². The van der Waals surface area contributed by atoms with Gasteiger partial charge in [-0.3, -0.25) is 0 Å². The number of benzene rings is 1. The van der Waals surface area contributed by atoms with Gasteiger partial charge >= 0.3 is 0 Å². The molecule has 1 unspecified atom stereocenters. The zero-order valence-electron chi connectivity index (χ0n) is 12.6. The van der Waals surface area contributed by atoms with Gasteiger partial charge in [0.2, 0.25) is 0 Å². The van der Waals surface area contributed by atoms with Gasteiger partial charge < -0.3 is 15.5 Å². The van der Waals surface area contributed by atoms with Crippen molar-refractivity contribution in [2.75, 3.05) is 31.6 Å². The summed E-state index contributed by atoms with van der Waals surface area (Å²) in [5.41, 5.74) is 8.13. The van der Waals surface area contributed by atoms with E-state index in [9.17, 15) is 0 Å². The van der Waals surface area contributed by atoms with Crippen LogP contribution in [0.3, 0.4) is 0 Å². The first-order chi connectivity index (χ1) is 10.2. The number of rotatable bonds is 3. The fourth-order valence-corrected chi connectivity index (χ4v) is 3.65. The molecule has 5 heteroatoms. The van der Waals surface area contributed by atoms with Gasteiger partial charge in [-0.1, -0.05) is 41.7 Å². The van der Waals surface area contributed by atoms with E-state index in [-0.39, 0.29) is 0 Å². The van der Waals surface area contributed by atoms with Gasteiger partial charge in [-0.05, 0) is 14.0 Å². The molecule has 112 valence electrons. The lowest BCUT2D eigenvalue weighted by Crippen LogP contribution is -2.50. The standard InChI is InChI=1S/C16H22N4S/c1-12-11-20(9-8-19(12)2)16-18-15(14(10-17)21-16)13-6-4-3-5-7-13/h3-7,12H,8-11,17H2,1-2H3. The van der Waals surface area contributed by atoms with E-state index in [0.29, 0.717) is 12.6 Å². The van der Waals surface area contributed by atoms with Crippen molar-refractivity contribution in [3.8, 4) is 11.3 Å². The molecule has 1 aliphatic heterocycles. The molecule has 0 saturated carbocycles. The highest BCUT2D eigenvalue weighted by molar-refractivity contribution is 7.16. The van der Waals surface area contributed by atoms with Gasteiger partial charge in [0, 0.05) is 42.7 Å². The van der Waals surface area contributed by atoms with Gasteiger partial charge in [0.25, 0.3) is 0 Å². The van der Waals surface area contributed by atoms with Crippen LogP contribution >= 0.6 is 11.3 Å². The Morgan fingerprint density at radius 2 is 2.05 bits per heavy atom. The van der Waals surface area contributed by atoms with Crippen molar-refractivity contribution in [1.29, 1.82) is 0 Å². The first kappa shape index (κ1) is 14.5. The van der Waals surface area contributed by atoms with E-state index in [1.165, 1.54) is 4.88 Å². The molecule has 0 amide bonds. The third kappa shape index (κ3) is 2.95. The van der Waals surface area contributed by atoms with Crippen molar-refractivity contribution < 1.29 is 0 Å². The number of aromatic nitrogens is 1. The van der Waals surface area contributed by atoms with Crippen LogP contribution in [0.1, 0.15) is 11.8 Å². The predicted octanol–water partition coefficient (Wildman–Crippen LogP) is 2.41. The summed E-state index contributed by atoms with van der Waals surface area (Å²) >= 11 is 1.74. The molecule has 2 aromatic rings. The molecule has 1 saturated heterocycles. The molecule has 1 aliphatic rings. The molecular formula is C16H22N4S.